The third-order valence-corrected chi connectivity index (χ3v) is 9.36. The molecule has 0 bridgehead atoms. The Kier molecular flexibility index (Phi) is 3.52. The Morgan fingerprint density at radius 1 is 0.362 bits per heavy atom. The highest BCUT2D eigenvalue weighted by atomic mass is 16.3. The predicted molar refractivity (Wildman–Crippen MR) is 237 cm³/mol. The first kappa shape index (κ1) is 15.9. The van der Waals surface area contributed by atoms with Crippen LogP contribution in [-0.4, -0.2) is 15.0 Å². The molecular weight excluding hydrogens is 711 g/mol. The van der Waals surface area contributed by atoms with E-state index in [0.717, 1.165) is 0 Å². The van der Waals surface area contributed by atoms with Crippen molar-refractivity contribution in [3.63, 3.8) is 0 Å². The van der Waals surface area contributed by atoms with E-state index >= 15 is 0 Å². The Labute approximate surface area is 369 Å². The molecule has 270 valence electrons. The fourth-order valence-corrected chi connectivity index (χ4v) is 6.82. The number of aromatic nitrogens is 3. The summed E-state index contributed by atoms with van der Waals surface area (Å²) in [4.78, 5) is 14.4. The molecule has 0 amide bonds. The molecule has 0 fully saturated rings. The monoisotopic (exact) mass is 767 g/mol. The summed E-state index contributed by atoms with van der Waals surface area (Å²) in [7, 11) is 0. The van der Waals surface area contributed by atoms with Gasteiger partial charge >= 0.3 is 0 Å². The Bertz CT molecular complexity index is 4750. The lowest BCUT2D eigenvalue weighted by molar-refractivity contribution is 0.672. The van der Waals surface area contributed by atoms with Gasteiger partial charge in [-0.05, 0) is 69.3 Å². The second-order valence-corrected chi connectivity index (χ2v) is 12.7. The average molecular weight is 768 g/mol. The van der Waals surface area contributed by atoms with Crippen molar-refractivity contribution in [2.75, 3.05) is 0 Å². The zero-order chi connectivity index (χ0) is 60.8. The molecule has 3 heterocycles. The summed E-state index contributed by atoms with van der Waals surface area (Å²) in [6, 6.07) is -13.3. The quantitative estimate of drug-likeness (QED) is 0.174. The molecule has 58 heavy (non-hydrogen) atoms. The number of hydrogen-bond donors (Lipinski definition) is 0. The lowest BCUT2D eigenvalue weighted by Gasteiger charge is -2.12. The molecule has 0 radical (unpaired) electrons. The van der Waals surface area contributed by atoms with Crippen LogP contribution >= 0.6 is 0 Å². The zero-order valence-electron chi connectivity index (χ0n) is 55.0. The summed E-state index contributed by atoms with van der Waals surface area (Å²) in [6.07, 6.45) is 0. The van der Waals surface area contributed by atoms with Gasteiger partial charge in [-0.25, -0.2) is 15.0 Å². The van der Waals surface area contributed by atoms with Gasteiger partial charge in [-0.2, -0.15) is 0 Å². The summed E-state index contributed by atoms with van der Waals surface area (Å²) in [5, 5.41) is -3.72. The van der Waals surface area contributed by atoms with E-state index in [0.29, 0.717) is 0 Å². The van der Waals surface area contributed by atoms with Crippen molar-refractivity contribution in [2.24, 2.45) is 0 Å². The molecule has 12 aromatic rings. The van der Waals surface area contributed by atoms with Crippen molar-refractivity contribution in [3.05, 3.63) is 187 Å². The molecule has 0 unspecified atom stereocenters. The van der Waals surface area contributed by atoms with Crippen molar-refractivity contribution in [1.29, 1.82) is 0 Å². The van der Waals surface area contributed by atoms with E-state index in [2.05, 4.69) is 0 Å². The molecule has 5 nitrogen and oxygen atoms in total. The highest BCUT2D eigenvalue weighted by Crippen LogP contribution is 2.44. The van der Waals surface area contributed by atoms with Crippen molar-refractivity contribution in [3.8, 4) is 56.4 Å². The van der Waals surface area contributed by atoms with Crippen LogP contribution in [0.25, 0.3) is 122 Å². The molecule has 0 saturated heterocycles. The van der Waals surface area contributed by atoms with Gasteiger partial charge in [0, 0.05) is 49.0 Å². The lowest BCUT2D eigenvalue weighted by atomic mass is 9.97. The topological polar surface area (TPSA) is 65.0 Å². The van der Waals surface area contributed by atoms with Gasteiger partial charge in [0.15, 0.2) is 17.5 Å². The molecule has 0 atom stereocenters. The van der Waals surface area contributed by atoms with Gasteiger partial charge in [-0.1, -0.05) is 151 Å². The smallest absolute Gasteiger partial charge is 0.164 e. The normalized spacial score (nSPS) is 18.1. The van der Waals surface area contributed by atoms with E-state index in [1.54, 1.807) is 18.2 Å². The molecule has 0 aliphatic rings. The number of rotatable bonds is 5. The van der Waals surface area contributed by atoms with Gasteiger partial charge < -0.3 is 8.83 Å². The Hall–Kier alpha value is -7.89. The van der Waals surface area contributed by atoms with E-state index in [-0.39, 0.29) is 11.4 Å². The highest BCUT2D eigenvalue weighted by molar-refractivity contribution is 6.22. The van der Waals surface area contributed by atoms with Crippen LogP contribution in [0, 0.1) is 0 Å². The molecule has 0 saturated carbocycles. The predicted octanol–water partition coefficient (Wildman–Crippen LogP) is 14.3. The largest absolute Gasteiger partial charge is 0.455 e. The van der Waals surface area contributed by atoms with Crippen LogP contribution in [0.2, 0.25) is 0 Å². The first-order chi connectivity index (χ1) is 39.6. The van der Waals surface area contributed by atoms with E-state index in [9.17, 15) is 11.0 Å². The van der Waals surface area contributed by atoms with Crippen LogP contribution in [-0.2, 0) is 0 Å². The lowest BCUT2D eigenvalue weighted by Crippen LogP contribution is -2.01. The van der Waals surface area contributed by atoms with E-state index in [1.165, 1.54) is 12.1 Å². The Morgan fingerprint density at radius 2 is 0.810 bits per heavy atom. The van der Waals surface area contributed by atoms with E-state index in [4.69, 9.17) is 48.5 Å². The zero-order valence-corrected chi connectivity index (χ0v) is 29.0. The SMILES string of the molecule is [2H]c1c([2H])c([2H])c(-c2c([2H])c([2H])c3c(oc4c5c([2H])c([2H])c([2H])c([2H])c5c([2H])c(-c5nc(-c6ccccc6)nc(-c6c([2H])c7c([2H])c([2H])c([2H])c([2H])c7c7oc8c([2H])c(-c9c([2H])c([2H])c([2H])c([2H])c9[2H])c([2H])c([2H])c8c67)n5)c43)c2[2H])c([2H])c1[2H]. The third-order valence-electron chi connectivity index (χ3n) is 9.36. The molecule has 3 aromatic heterocycles. The maximum Gasteiger partial charge on any atom is 0.164 e. The second kappa shape index (κ2) is 12.8. The molecule has 5 heteroatoms. The second-order valence-electron chi connectivity index (χ2n) is 12.7. The van der Waals surface area contributed by atoms with Crippen molar-refractivity contribution in [1.82, 2.24) is 15.0 Å². The molecule has 12 rings (SSSR count). The van der Waals surface area contributed by atoms with Gasteiger partial charge in [0.1, 0.15) is 22.3 Å². The van der Waals surface area contributed by atoms with Gasteiger partial charge in [0.25, 0.3) is 0 Å². The van der Waals surface area contributed by atoms with Crippen LogP contribution < -0.4 is 0 Å². The van der Waals surface area contributed by atoms with Crippen molar-refractivity contribution in [2.45, 2.75) is 0 Å². The number of furan rings is 2. The first-order valence-electron chi connectivity index (χ1n) is 30.3. The van der Waals surface area contributed by atoms with Gasteiger partial charge in [-0.15, -0.1) is 0 Å². The molecule has 9 aromatic carbocycles. The summed E-state index contributed by atoms with van der Waals surface area (Å²) in [5.41, 5.74) is -5.68. The van der Waals surface area contributed by atoms with Gasteiger partial charge in [0.05, 0.1) is 35.6 Å². The maximum absolute atomic E-state index is 9.98. The Morgan fingerprint density at radius 3 is 1.31 bits per heavy atom. The van der Waals surface area contributed by atoms with Crippen LogP contribution in [0.5, 0.6) is 0 Å². The summed E-state index contributed by atoms with van der Waals surface area (Å²) < 4.78 is 246. The number of hydrogen-bond acceptors (Lipinski definition) is 5. The average Bonchev–Trinajstić information content (AvgIpc) is 1.54. The number of benzene rings is 9. The fourth-order valence-electron chi connectivity index (χ4n) is 6.82. The van der Waals surface area contributed by atoms with Gasteiger partial charge in [-0.3, -0.25) is 0 Å². The van der Waals surface area contributed by atoms with Crippen LogP contribution in [0.4, 0.5) is 0 Å². The summed E-state index contributed by atoms with van der Waals surface area (Å²) in [6.45, 7) is 0. The highest BCUT2D eigenvalue weighted by Gasteiger charge is 2.23. The molecule has 0 aliphatic carbocycles. The number of nitrogens with zero attached hydrogens (tertiary/aromatic N) is 3. The standard InChI is InChI=1S/C53H31N3O2/c1-4-14-32(15-5-1)35-24-26-41-45(30-35)57-49-39-22-12-10-20-37(39)28-43(47(41)49)52-54-51(34-18-8-3-9-19-34)55-53(56-52)44-29-38-21-11-13-23-40(38)50-48(44)42-27-25-36(31-46(42)58-50)33-16-6-2-7-17-33/h1-31H/i1D,2D,4D,5D,6D,7D,10D,11D,12D,13D,14D,15D,16D,17D,20D,21D,22D,23D,24D,25D,26D,27D,28D,29D,30D,31D. The van der Waals surface area contributed by atoms with Gasteiger partial charge in [0.2, 0.25) is 0 Å². The van der Waals surface area contributed by atoms with E-state index in [1.807, 2.05) is 0 Å². The minimum Gasteiger partial charge on any atom is -0.455 e. The third kappa shape index (κ3) is 5.14. The molecule has 0 spiro atoms. The molecule has 0 N–H and O–H groups in total. The number of fused-ring (bicyclic) bond motifs is 10. The van der Waals surface area contributed by atoms with Crippen molar-refractivity contribution >= 4 is 65.4 Å². The van der Waals surface area contributed by atoms with Crippen molar-refractivity contribution < 1.29 is 44.5 Å². The maximum atomic E-state index is 9.98. The minimum atomic E-state index is -0.875. The van der Waals surface area contributed by atoms with Crippen LogP contribution in [0.1, 0.15) is 35.6 Å². The first-order valence-corrected chi connectivity index (χ1v) is 17.3. The molecular formula is C53H31N3O2. The Balaban J connectivity index is 1.30. The van der Waals surface area contributed by atoms with Crippen LogP contribution in [0.3, 0.4) is 0 Å². The molecule has 0 aliphatic heterocycles. The summed E-state index contributed by atoms with van der Waals surface area (Å²) >= 11 is 0. The minimum absolute atomic E-state index is 0.199. The van der Waals surface area contributed by atoms with E-state index < -0.39 is 268 Å². The summed E-state index contributed by atoms with van der Waals surface area (Å²) in [5.74, 6) is -1.49. The van der Waals surface area contributed by atoms with Crippen LogP contribution in [0.15, 0.2) is 196 Å². The fraction of sp³-hybridized carbons (Fsp3) is 0.